The third-order valence-corrected chi connectivity index (χ3v) is 5.60. The molecule has 0 spiro atoms. The molecule has 1 amide bonds. The third kappa shape index (κ3) is 4.00. The number of hydrogen-bond acceptors (Lipinski definition) is 4. The molecule has 1 saturated heterocycles. The number of nitrogens with zero attached hydrogens (tertiary/aromatic N) is 1. The van der Waals surface area contributed by atoms with Crippen LogP contribution >= 0.6 is 0 Å². The number of anilines is 1. The predicted molar refractivity (Wildman–Crippen MR) is 97.1 cm³/mol. The molecule has 0 aromatic heterocycles. The van der Waals surface area contributed by atoms with Crippen molar-refractivity contribution in [3.8, 4) is 0 Å². The molecule has 1 heterocycles. The molecule has 0 saturated carbocycles. The molecule has 1 aliphatic heterocycles. The Morgan fingerprint density at radius 3 is 2.44 bits per heavy atom. The molecule has 132 valence electrons. The van der Waals surface area contributed by atoms with E-state index >= 15 is 0 Å². The number of sulfonamides is 1. The van der Waals surface area contributed by atoms with Gasteiger partial charge in [-0.2, -0.15) is 0 Å². The summed E-state index contributed by atoms with van der Waals surface area (Å²) < 4.78 is 27.2. The van der Waals surface area contributed by atoms with Crippen molar-refractivity contribution in [3.63, 3.8) is 0 Å². The zero-order valence-corrected chi connectivity index (χ0v) is 14.8. The molecule has 1 aliphatic rings. The van der Waals surface area contributed by atoms with Gasteiger partial charge in [0.2, 0.25) is 0 Å². The van der Waals surface area contributed by atoms with Crippen molar-refractivity contribution in [1.82, 2.24) is 10.2 Å². The van der Waals surface area contributed by atoms with Crippen molar-refractivity contribution in [3.05, 3.63) is 60.2 Å². The van der Waals surface area contributed by atoms with Gasteiger partial charge in [-0.3, -0.25) is 9.52 Å². The average molecular weight is 359 g/mol. The molecule has 7 heteroatoms. The van der Waals surface area contributed by atoms with Gasteiger partial charge >= 0.3 is 0 Å². The largest absolute Gasteiger partial charge is 0.333 e. The van der Waals surface area contributed by atoms with Crippen LogP contribution in [0.4, 0.5) is 5.69 Å². The molecule has 0 radical (unpaired) electrons. The number of amides is 1. The van der Waals surface area contributed by atoms with E-state index in [0.717, 1.165) is 13.1 Å². The lowest BCUT2D eigenvalue weighted by Crippen LogP contribution is -2.52. The number of rotatable bonds is 4. The molecule has 0 aliphatic carbocycles. The third-order valence-electron chi connectivity index (χ3n) is 4.20. The van der Waals surface area contributed by atoms with Gasteiger partial charge in [0.1, 0.15) is 0 Å². The lowest BCUT2D eigenvalue weighted by atomic mass is 10.1. The van der Waals surface area contributed by atoms with Crippen LogP contribution in [-0.4, -0.2) is 44.9 Å². The van der Waals surface area contributed by atoms with Crippen molar-refractivity contribution >= 4 is 21.6 Å². The van der Waals surface area contributed by atoms with E-state index in [2.05, 4.69) is 10.0 Å². The van der Waals surface area contributed by atoms with Crippen molar-refractivity contribution in [2.75, 3.05) is 24.4 Å². The Balaban J connectivity index is 1.73. The summed E-state index contributed by atoms with van der Waals surface area (Å²) >= 11 is 0. The number of carbonyl (C=O) groups is 1. The van der Waals surface area contributed by atoms with E-state index in [9.17, 15) is 13.2 Å². The summed E-state index contributed by atoms with van der Waals surface area (Å²) in [7, 11) is -3.63. The highest BCUT2D eigenvalue weighted by Gasteiger charge is 2.24. The van der Waals surface area contributed by atoms with Crippen LogP contribution in [0.1, 0.15) is 17.3 Å². The maximum atomic E-state index is 12.6. The van der Waals surface area contributed by atoms with Crippen LogP contribution in [0.5, 0.6) is 0 Å². The molecule has 6 nitrogen and oxygen atoms in total. The summed E-state index contributed by atoms with van der Waals surface area (Å²) in [5.41, 5.74) is 0.977. The maximum Gasteiger partial charge on any atom is 0.261 e. The second kappa shape index (κ2) is 7.25. The van der Waals surface area contributed by atoms with Crippen LogP contribution < -0.4 is 10.0 Å². The minimum atomic E-state index is -3.63. The molecule has 25 heavy (non-hydrogen) atoms. The average Bonchev–Trinajstić information content (AvgIpc) is 2.63. The minimum absolute atomic E-state index is 0.0357. The summed E-state index contributed by atoms with van der Waals surface area (Å²) in [6, 6.07) is 14.8. The van der Waals surface area contributed by atoms with Gasteiger partial charge in [0.25, 0.3) is 15.9 Å². The van der Waals surface area contributed by atoms with Gasteiger partial charge in [0, 0.05) is 36.9 Å². The highest BCUT2D eigenvalue weighted by atomic mass is 32.2. The van der Waals surface area contributed by atoms with Gasteiger partial charge in [-0.25, -0.2) is 8.42 Å². The molecular weight excluding hydrogens is 338 g/mol. The molecule has 0 bridgehead atoms. The van der Waals surface area contributed by atoms with E-state index in [4.69, 9.17) is 0 Å². The fourth-order valence-electron chi connectivity index (χ4n) is 2.80. The normalized spacial score (nSPS) is 18.0. The van der Waals surface area contributed by atoms with Gasteiger partial charge in [0.15, 0.2) is 0 Å². The van der Waals surface area contributed by atoms with Crippen LogP contribution in [0.15, 0.2) is 59.5 Å². The fraction of sp³-hybridized carbons (Fsp3) is 0.278. The molecule has 2 aromatic rings. The van der Waals surface area contributed by atoms with Gasteiger partial charge in [0.05, 0.1) is 4.90 Å². The van der Waals surface area contributed by atoms with Crippen LogP contribution in [0.25, 0.3) is 0 Å². The van der Waals surface area contributed by atoms with Crippen LogP contribution in [0.2, 0.25) is 0 Å². The number of benzene rings is 2. The Labute approximate surface area is 147 Å². The van der Waals surface area contributed by atoms with E-state index in [1.807, 2.05) is 11.8 Å². The van der Waals surface area contributed by atoms with Crippen molar-refractivity contribution in [1.29, 1.82) is 0 Å². The van der Waals surface area contributed by atoms with Gasteiger partial charge in [-0.15, -0.1) is 0 Å². The lowest BCUT2D eigenvalue weighted by Gasteiger charge is -2.34. The first-order chi connectivity index (χ1) is 12.0. The maximum absolute atomic E-state index is 12.6. The van der Waals surface area contributed by atoms with Crippen LogP contribution in [-0.2, 0) is 10.0 Å². The van der Waals surface area contributed by atoms with E-state index < -0.39 is 10.0 Å². The zero-order valence-electron chi connectivity index (χ0n) is 14.0. The van der Waals surface area contributed by atoms with Crippen molar-refractivity contribution in [2.45, 2.75) is 17.9 Å². The van der Waals surface area contributed by atoms with Gasteiger partial charge in [-0.05, 0) is 43.3 Å². The van der Waals surface area contributed by atoms with Crippen LogP contribution in [0.3, 0.4) is 0 Å². The Hall–Kier alpha value is -2.38. The molecule has 3 rings (SSSR count). The summed E-state index contributed by atoms with van der Waals surface area (Å²) in [6.45, 7) is 4.24. The molecular formula is C18H21N3O3S. The number of piperazine rings is 1. The smallest absolute Gasteiger partial charge is 0.261 e. The molecule has 1 fully saturated rings. The van der Waals surface area contributed by atoms with Crippen molar-refractivity contribution < 1.29 is 13.2 Å². The highest BCUT2D eigenvalue weighted by Crippen LogP contribution is 2.18. The minimum Gasteiger partial charge on any atom is -0.333 e. The first kappa shape index (κ1) is 17.4. The Morgan fingerprint density at radius 2 is 1.80 bits per heavy atom. The summed E-state index contributed by atoms with van der Waals surface area (Å²) in [5.74, 6) is -0.0357. The SMILES string of the molecule is CC1CNCCN1C(=O)c1ccc(NS(=O)(=O)c2ccccc2)cc1. The number of carbonyl (C=O) groups excluding carboxylic acids is 1. The molecule has 1 atom stereocenters. The van der Waals surface area contributed by atoms with Crippen LogP contribution in [0, 0.1) is 0 Å². The van der Waals surface area contributed by atoms with Gasteiger partial charge < -0.3 is 10.2 Å². The monoisotopic (exact) mass is 359 g/mol. The first-order valence-corrected chi connectivity index (χ1v) is 9.65. The second-order valence-electron chi connectivity index (χ2n) is 6.05. The van der Waals surface area contributed by atoms with E-state index in [-0.39, 0.29) is 16.8 Å². The Kier molecular flexibility index (Phi) is 5.06. The summed E-state index contributed by atoms with van der Waals surface area (Å²) in [6.07, 6.45) is 0. The summed E-state index contributed by atoms with van der Waals surface area (Å²) in [5, 5.41) is 3.25. The highest BCUT2D eigenvalue weighted by molar-refractivity contribution is 7.92. The topological polar surface area (TPSA) is 78.5 Å². The number of nitrogens with one attached hydrogen (secondary N) is 2. The van der Waals surface area contributed by atoms with E-state index in [0.29, 0.717) is 17.8 Å². The quantitative estimate of drug-likeness (QED) is 0.874. The van der Waals surface area contributed by atoms with Crippen molar-refractivity contribution in [2.24, 2.45) is 0 Å². The molecule has 2 N–H and O–H groups in total. The zero-order chi connectivity index (χ0) is 17.9. The van der Waals surface area contributed by atoms with E-state index in [1.165, 1.54) is 12.1 Å². The first-order valence-electron chi connectivity index (χ1n) is 8.17. The van der Waals surface area contributed by atoms with E-state index in [1.54, 1.807) is 42.5 Å². The standard InChI is InChI=1S/C18H21N3O3S/c1-14-13-19-11-12-21(14)18(22)15-7-9-16(10-8-15)20-25(23,24)17-5-3-2-4-6-17/h2-10,14,19-20H,11-13H2,1H3. The molecule has 2 aromatic carbocycles. The fourth-order valence-corrected chi connectivity index (χ4v) is 3.88. The Morgan fingerprint density at radius 1 is 1.12 bits per heavy atom. The summed E-state index contributed by atoms with van der Waals surface area (Å²) in [4.78, 5) is 14.6. The second-order valence-corrected chi connectivity index (χ2v) is 7.73. The lowest BCUT2D eigenvalue weighted by molar-refractivity contribution is 0.0656. The Bertz CT molecular complexity index is 836. The van der Waals surface area contributed by atoms with Gasteiger partial charge in [-0.1, -0.05) is 18.2 Å². The number of hydrogen-bond donors (Lipinski definition) is 2. The predicted octanol–water partition coefficient (Wildman–Crippen LogP) is 1.92. The molecule has 1 unspecified atom stereocenters.